The summed E-state index contributed by atoms with van der Waals surface area (Å²) in [7, 11) is 0. The highest BCUT2D eigenvalue weighted by Gasteiger charge is 2.87. The third kappa shape index (κ3) is 11.0. The van der Waals surface area contributed by atoms with Crippen molar-refractivity contribution < 1.29 is 49.0 Å². The molecular formula is C22H33F9O2. The fourth-order valence-corrected chi connectivity index (χ4v) is 3.22. The molecule has 196 valence electrons. The summed E-state index contributed by atoms with van der Waals surface area (Å²) >= 11 is 0. The van der Waals surface area contributed by atoms with E-state index in [9.17, 15) is 44.3 Å². The van der Waals surface area contributed by atoms with Crippen LogP contribution in [0.1, 0.15) is 96.8 Å². The van der Waals surface area contributed by atoms with E-state index in [1.54, 1.807) is 0 Å². The van der Waals surface area contributed by atoms with Crippen LogP contribution in [0, 0.1) is 0 Å². The molecule has 33 heavy (non-hydrogen) atoms. The third-order valence-corrected chi connectivity index (χ3v) is 5.11. The van der Waals surface area contributed by atoms with Gasteiger partial charge in [0.05, 0.1) is 0 Å². The van der Waals surface area contributed by atoms with E-state index in [0.717, 1.165) is 25.7 Å². The van der Waals surface area contributed by atoms with Gasteiger partial charge in [0.25, 0.3) is 0 Å². The molecule has 0 aromatic heterocycles. The van der Waals surface area contributed by atoms with Crippen molar-refractivity contribution in [2.24, 2.45) is 0 Å². The summed E-state index contributed by atoms with van der Waals surface area (Å²) in [4.78, 5) is 11.4. The van der Waals surface area contributed by atoms with Gasteiger partial charge in [-0.25, -0.2) is 0 Å². The summed E-state index contributed by atoms with van der Waals surface area (Å²) in [5.41, 5.74) is -6.54. The van der Waals surface area contributed by atoms with Crippen molar-refractivity contribution in [1.29, 1.82) is 0 Å². The second kappa shape index (κ2) is 14.8. The molecule has 0 bridgehead atoms. The van der Waals surface area contributed by atoms with Gasteiger partial charge in [-0.3, -0.25) is 4.79 Å². The summed E-state index contributed by atoms with van der Waals surface area (Å²) in [6.07, 6.45) is -6.23. The van der Waals surface area contributed by atoms with Crippen LogP contribution in [0.25, 0.3) is 0 Å². The zero-order chi connectivity index (χ0) is 25.6. The predicted octanol–water partition coefficient (Wildman–Crippen LogP) is 8.99. The van der Waals surface area contributed by atoms with Crippen LogP contribution in [-0.4, -0.2) is 30.1 Å². The average molecular weight is 500 g/mol. The lowest BCUT2D eigenvalue weighted by Crippen LogP contribution is -2.68. The van der Waals surface area contributed by atoms with Crippen LogP contribution in [0.15, 0.2) is 12.2 Å². The highest BCUT2D eigenvalue weighted by molar-refractivity contribution is 5.70. The molecule has 0 unspecified atom stereocenters. The summed E-state index contributed by atoms with van der Waals surface area (Å²) < 4.78 is 118. The highest BCUT2D eigenvalue weighted by atomic mass is 19.4. The Bertz CT molecular complexity index is 528. The normalized spacial score (nSPS) is 13.6. The maximum atomic E-state index is 12.7. The van der Waals surface area contributed by atoms with Gasteiger partial charge in [0.15, 0.2) is 0 Å². The number of unbranched alkanes of at least 4 members (excludes halogenated alkanes) is 11. The van der Waals surface area contributed by atoms with E-state index in [4.69, 9.17) is 0 Å². The Morgan fingerprint density at radius 1 is 0.606 bits per heavy atom. The van der Waals surface area contributed by atoms with Crippen molar-refractivity contribution in [3.63, 3.8) is 0 Å². The van der Waals surface area contributed by atoms with Crippen LogP contribution >= 0.6 is 0 Å². The van der Waals surface area contributed by atoms with Crippen LogP contribution in [0.3, 0.4) is 0 Å². The molecule has 11 heteroatoms. The molecule has 0 rings (SSSR count). The van der Waals surface area contributed by atoms with Gasteiger partial charge in [-0.15, -0.1) is 0 Å². The van der Waals surface area contributed by atoms with E-state index < -0.39 is 36.5 Å². The Morgan fingerprint density at radius 3 is 1.36 bits per heavy atom. The standard InChI is InChI=1S/C22H33F9O2/c1-2-3-4-5-6-7-8-9-10-11-12-13-14-15-16-17-18(32)33-19(20(23,24)25,21(26,27)28)22(29,30)31/h9-10H,2-8,11-17H2,1H3/b10-9-. The Labute approximate surface area is 188 Å². The molecule has 2 nitrogen and oxygen atoms in total. The maximum Gasteiger partial charge on any atom is 0.447 e. The molecular weight excluding hydrogens is 467 g/mol. The van der Waals surface area contributed by atoms with Crippen LogP contribution < -0.4 is 0 Å². The minimum Gasteiger partial charge on any atom is -0.432 e. The first kappa shape index (κ1) is 31.6. The summed E-state index contributed by atoms with van der Waals surface area (Å²) in [5.74, 6) is -2.19. The Morgan fingerprint density at radius 2 is 0.970 bits per heavy atom. The molecule has 0 saturated carbocycles. The van der Waals surface area contributed by atoms with E-state index in [0.29, 0.717) is 12.8 Å². The molecule has 0 N–H and O–H groups in total. The molecule has 0 spiro atoms. The lowest BCUT2D eigenvalue weighted by Gasteiger charge is -2.37. The molecule has 0 aromatic carbocycles. The monoisotopic (exact) mass is 500 g/mol. The third-order valence-electron chi connectivity index (χ3n) is 5.11. The van der Waals surface area contributed by atoms with Gasteiger partial charge in [-0.05, 0) is 32.1 Å². The fourth-order valence-electron chi connectivity index (χ4n) is 3.22. The largest absolute Gasteiger partial charge is 0.447 e. The number of hydrogen-bond donors (Lipinski definition) is 0. The van der Waals surface area contributed by atoms with Crippen molar-refractivity contribution in [3.05, 3.63) is 12.2 Å². The molecule has 0 amide bonds. The van der Waals surface area contributed by atoms with Crippen molar-refractivity contribution >= 4 is 5.97 Å². The number of halogens is 9. The van der Waals surface area contributed by atoms with E-state index in [1.165, 1.54) is 32.1 Å². The number of ether oxygens (including phenoxy) is 1. The van der Waals surface area contributed by atoms with Crippen LogP contribution in [-0.2, 0) is 9.53 Å². The van der Waals surface area contributed by atoms with Crippen LogP contribution in [0.5, 0.6) is 0 Å². The predicted molar refractivity (Wildman–Crippen MR) is 106 cm³/mol. The molecule has 0 radical (unpaired) electrons. The highest BCUT2D eigenvalue weighted by Crippen LogP contribution is 2.55. The lowest BCUT2D eigenvalue weighted by atomic mass is 10.0. The van der Waals surface area contributed by atoms with Crippen molar-refractivity contribution in [3.8, 4) is 0 Å². The SMILES string of the molecule is CCCCCCCC/C=C\CCCCCCCC(=O)OC(C(F)(F)F)(C(F)(F)F)C(F)(F)F. The number of carbonyl (C=O) groups is 1. The minimum absolute atomic E-state index is 0.170. The first-order valence-corrected chi connectivity index (χ1v) is 11.3. The van der Waals surface area contributed by atoms with Crippen LogP contribution in [0.4, 0.5) is 39.5 Å². The van der Waals surface area contributed by atoms with Crippen molar-refractivity contribution in [2.45, 2.75) is 121 Å². The first-order chi connectivity index (χ1) is 15.2. The molecule has 0 aliphatic heterocycles. The van der Waals surface area contributed by atoms with Gasteiger partial charge in [-0.2, -0.15) is 39.5 Å². The molecule has 0 aliphatic rings. The molecule has 0 heterocycles. The molecule has 0 aromatic rings. The smallest absolute Gasteiger partial charge is 0.432 e. The van der Waals surface area contributed by atoms with Gasteiger partial charge in [0.2, 0.25) is 0 Å². The first-order valence-electron chi connectivity index (χ1n) is 11.3. The van der Waals surface area contributed by atoms with Gasteiger partial charge in [-0.1, -0.05) is 70.4 Å². The van der Waals surface area contributed by atoms with E-state index in [2.05, 4.69) is 23.8 Å². The lowest BCUT2D eigenvalue weighted by molar-refractivity contribution is -0.446. The molecule has 0 atom stereocenters. The number of allylic oxidation sites excluding steroid dienone is 2. The average Bonchev–Trinajstić information content (AvgIpc) is 2.66. The minimum atomic E-state index is -6.90. The second-order valence-electron chi connectivity index (χ2n) is 7.98. The Hall–Kier alpha value is -1.42. The number of carbonyl (C=O) groups excluding carboxylic acids is 1. The Balaban J connectivity index is 4.19. The topological polar surface area (TPSA) is 26.3 Å². The second-order valence-corrected chi connectivity index (χ2v) is 7.98. The van der Waals surface area contributed by atoms with Crippen molar-refractivity contribution in [1.82, 2.24) is 0 Å². The van der Waals surface area contributed by atoms with Gasteiger partial charge >= 0.3 is 30.1 Å². The molecule has 0 saturated heterocycles. The summed E-state index contributed by atoms with van der Waals surface area (Å²) in [5, 5.41) is 0. The van der Waals surface area contributed by atoms with E-state index in [1.807, 2.05) is 0 Å². The summed E-state index contributed by atoms with van der Waals surface area (Å²) in [6.45, 7) is 2.16. The zero-order valence-corrected chi connectivity index (χ0v) is 18.8. The quantitative estimate of drug-likeness (QED) is 0.0915. The van der Waals surface area contributed by atoms with Gasteiger partial charge in [0, 0.05) is 6.42 Å². The number of esters is 1. The van der Waals surface area contributed by atoms with E-state index in [-0.39, 0.29) is 12.8 Å². The summed E-state index contributed by atoms with van der Waals surface area (Å²) in [6, 6.07) is 0. The number of rotatable bonds is 16. The fraction of sp³-hybridized carbons (Fsp3) is 0.864. The molecule has 0 aliphatic carbocycles. The van der Waals surface area contributed by atoms with E-state index >= 15 is 0 Å². The number of alkyl halides is 9. The van der Waals surface area contributed by atoms with Crippen molar-refractivity contribution in [2.75, 3.05) is 0 Å². The van der Waals surface area contributed by atoms with Gasteiger partial charge in [0.1, 0.15) is 0 Å². The Kier molecular flexibility index (Phi) is 14.1. The van der Waals surface area contributed by atoms with Crippen LogP contribution in [0.2, 0.25) is 0 Å². The van der Waals surface area contributed by atoms with Gasteiger partial charge < -0.3 is 4.74 Å². The maximum absolute atomic E-state index is 12.7. The zero-order valence-electron chi connectivity index (χ0n) is 18.8. The molecule has 0 fully saturated rings. The number of hydrogen-bond acceptors (Lipinski definition) is 2.